The van der Waals surface area contributed by atoms with Gasteiger partial charge in [0.25, 0.3) is 0 Å². The summed E-state index contributed by atoms with van der Waals surface area (Å²) in [6.07, 6.45) is -11.4. The number of aryl methyl sites for hydroxylation is 2. The Morgan fingerprint density at radius 1 is 0.595 bits per heavy atom. The predicted molar refractivity (Wildman–Crippen MR) is 147 cm³/mol. The van der Waals surface area contributed by atoms with Crippen LogP contribution in [-0.4, -0.2) is 32.3 Å². The number of aromatic amines is 2. The van der Waals surface area contributed by atoms with Crippen LogP contribution in [0.15, 0.2) is 84.9 Å². The molecule has 0 aliphatic rings. The first-order valence-corrected chi connectivity index (χ1v) is 12.8. The Labute approximate surface area is 235 Å². The van der Waals surface area contributed by atoms with Gasteiger partial charge in [0.1, 0.15) is 23.1 Å². The maximum Gasteiger partial charge on any atom is 0.411 e. The molecular weight excluding hydrogens is 558 g/mol. The fourth-order valence-corrected chi connectivity index (χ4v) is 5.16. The molecule has 2 N–H and O–H groups in total. The minimum Gasteiger partial charge on any atom is -0.457 e. The first-order chi connectivity index (χ1) is 19.8. The number of aromatic nitrogens is 4. The first kappa shape index (κ1) is 27.4. The topological polar surface area (TPSA) is 66.6 Å². The molecule has 0 saturated heterocycles. The Morgan fingerprint density at radius 2 is 1.10 bits per heavy atom. The molecule has 2 aromatic heterocycles. The maximum absolute atomic E-state index is 14.7. The number of alkyl halides is 6. The highest BCUT2D eigenvalue weighted by atomic mass is 19.4. The fraction of sp³-hybridized carbons (Fsp3) is 0.161. The molecule has 0 aliphatic carbocycles. The number of benzene rings is 4. The molecule has 0 atom stereocenters. The number of rotatable bonds is 5. The van der Waals surface area contributed by atoms with E-state index in [1.54, 1.807) is 31.2 Å². The van der Waals surface area contributed by atoms with Crippen molar-refractivity contribution in [2.24, 2.45) is 0 Å². The third kappa shape index (κ3) is 4.54. The van der Waals surface area contributed by atoms with Gasteiger partial charge in [0, 0.05) is 5.56 Å². The molecule has 0 spiro atoms. The van der Waals surface area contributed by atoms with E-state index in [1.807, 2.05) is 31.2 Å². The summed E-state index contributed by atoms with van der Waals surface area (Å²) in [5.74, 6) is 1.84. The molecule has 2 heterocycles. The number of nitrogens with one attached hydrogen (secondary N) is 2. The Morgan fingerprint density at radius 3 is 1.64 bits per heavy atom. The van der Waals surface area contributed by atoms with Crippen molar-refractivity contribution >= 4 is 22.1 Å². The van der Waals surface area contributed by atoms with Crippen LogP contribution < -0.4 is 4.74 Å². The van der Waals surface area contributed by atoms with Gasteiger partial charge in [0.2, 0.25) is 5.41 Å². The first-order valence-electron chi connectivity index (χ1n) is 12.8. The van der Waals surface area contributed by atoms with E-state index < -0.39 is 28.9 Å². The predicted octanol–water partition coefficient (Wildman–Crippen LogP) is 8.93. The van der Waals surface area contributed by atoms with Gasteiger partial charge in [-0.15, -0.1) is 0 Å². The van der Waals surface area contributed by atoms with Crippen LogP contribution in [0.25, 0.3) is 33.5 Å². The van der Waals surface area contributed by atoms with Crippen molar-refractivity contribution in [2.75, 3.05) is 0 Å². The Balaban J connectivity index is 1.41. The molecule has 0 fully saturated rings. The summed E-state index contributed by atoms with van der Waals surface area (Å²) in [6.45, 7) is 3.52. The lowest BCUT2D eigenvalue weighted by molar-refractivity contribution is -0.288. The highest BCUT2D eigenvalue weighted by Crippen LogP contribution is 2.56. The van der Waals surface area contributed by atoms with Crippen LogP contribution in [0.1, 0.15) is 22.5 Å². The summed E-state index contributed by atoms with van der Waals surface area (Å²) < 4.78 is 94.3. The molecule has 42 heavy (non-hydrogen) atoms. The van der Waals surface area contributed by atoms with Crippen molar-refractivity contribution in [3.05, 3.63) is 107 Å². The average molecular weight is 581 g/mol. The van der Waals surface area contributed by atoms with Crippen molar-refractivity contribution in [3.8, 4) is 22.9 Å². The highest BCUT2D eigenvalue weighted by Gasteiger charge is 2.72. The summed E-state index contributed by atoms with van der Waals surface area (Å²) in [6, 6.07) is 19.9. The number of imidazole rings is 2. The number of hydrogen-bond acceptors (Lipinski definition) is 3. The largest absolute Gasteiger partial charge is 0.457 e. The van der Waals surface area contributed by atoms with Gasteiger partial charge in [-0.3, -0.25) is 0 Å². The molecule has 214 valence electrons. The smallest absolute Gasteiger partial charge is 0.411 e. The third-order valence-electron chi connectivity index (χ3n) is 7.18. The van der Waals surface area contributed by atoms with E-state index in [2.05, 4.69) is 19.9 Å². The second-order valence-electron chi connectivity index (χ2n) is 10.1. The summed E-state index contributed by atoms with van der Waals surface area (Å²) in [5, 5.41) is 0. The molecule has 6 rings (SSSR count). The molecular formula is C31H22F6N4O. The summed E-state index contributed by atoms with van der Waals surface area (Å²) in [7, 11) is 0. The van der Waals surface area contributed by atoms with Crippen LogP contribution in [0.5, 0.6) is 11.5 Å². The van der Waals surface area contributed by atoms with Gasteiger partial charge < -0.3 is 14.7 Å². The maximum atomic E-state index is 14.7. The number of halogens is 6. The van der Waals surface area contributed by atoms with Crippen molar-refractivity contribution in [2.45, 2.75) is 31.6 Å². The van der Waals surface area contributed by atoms with Crippen LogP contribution in [0.4, 0.5) is 26.3 Å². The van der Waals surface area contributed by atoms with Gasteiger partial charge in [-0.25, -0.2) is 9.97 Å². The Hall–Kier alpha value is -4.80. The van der Waals surface area contributed by atoms with Gasteiger partial charge >= 0.3 is 12.4 Å². The lowest BCUT2D eigenvalue weighted by Crippen LogP contribution is -2.54. The van der Waals surface area contributed by atoms with Crippen molar-refractivity contribution in [3.63, 3.8) is 0 Å². The molecule has 11 heteroatoms. The second kappa shape index (κ2) is 9.64. The van der Waals surface area contributed by atoms with Crippen LogP contribution in [0.3, 0.4) is 0 Å². The minimum atomic E-state index is -5.72. The molecule has 0 saturated carbocycles. The zero-order valence-electron chi connectivity index (χ0n) is 22.2. The number of H-pyrrole nitrogens is 2. The molecule has 0 radical (unpaired) electrons. The Kier molecular flexibility index (Phi) is 6.29. The Bertz CT molecular complexity index is 1890. The molecule has 0 unspecified atom stereocenters. The summed E-state index contributed by atoms with van der Waals surface area (Å²) in [4.78, 5) is 14.1. The van der Waals surface area contributed by atoms with Crippen molar-refractivity contribution in [1.29, 1.82) is 0 Å². The zero-order chi connectivity index (χ0) is 29.9. The SMILES string of the molecule is Cc1ccc(Oc2ccc(-c3nc4ccc(C(c5ccc6nc(C)[nH]c6c5)(C(F)(F)F)C(F)(F)F)cc4[nH]3)cc2)cc1. The van der Waals surface area contributed by atoms with Gasteiger partial charge in [-0.2, -0.15) is 26.3 Å². The number of hydrogen-bond donors (Lipinski definition) is 2. The summed E-state index contributed by atoms with van der Waals surface area (Å²) in [5.41, 5.74) is -4.03. The molecule has 4 aromatic carbocycles. The third-order valence-corrected chi connectivity index (χ3v) is 7.18. The quantitative estimate of drug-likeness (QED) is 0.200. The standard InChI is InChI=1S/C31H22F6N4O/c1-17-3-9-22(10-4-17)42-23-11-5-19(6-12-23)28-40-25-14-8-21(16-27(25)41-28)29(30(32,33)34,31(35,36)37)20-7-13-24-26(15-20)39-18(2)38-24/h3-16H,1-2H3,(H,38,39)(H,40,41). The molecule has 0 amide bonds. The van der Waals surface area contributed by atoms with Gasteiger partial charge in [0.15, 0.2) is 0 Å². The van der Waals surface area contributed by atoms with E-state index in [-0.39, 0.29) is 27.9 Å². The lowest BCUT2D eigenvalue weighted by Gasteiger charge is -2.38. The van der Waals surface area contributed by atoms with E-state index in [0.29, 0.717) is 22.9 Å². The lowest BCUT2D eigenvalue weighted by atomic mass is 9.72. The minimum absolute atomic E-state index is 0.0267. The van der Waals surface area contributed by atoms with Crippen LogP contribution in [-0.2, 0) is 5.41 Å². The van der Waals surface area contributed by atoms with E-state index in [4.69, 9.17) is 4.74 Å². The molecule has 5 nitrogen and oxygen atoms in total. The van der Waals surface area contributed by atoms with Gasteiger partial charge in [-0.05, 0) is 85.6 Å². The average Bonchev–Trinajstić information content (AvgIpc) is 3.51. The van der Waals surface area contributed by atoms with Crippen molar-refractivity contribution < 1.29 is 31.1 Å². The van der Waals surface area contributed by atoms with E-state index in [9.17, 15) is 26.3 Å². The second-order valence-corrected chi connectivity index (χ2v) is 10.1. The fourth-order valence-electron chi connectivity index (χ4n) is 5.16. The monoisotopic (exact) mass is 580 g/mol. The molecule has 0 bridgehead atoms. The number of fused-ring (bicyclic) bond motifs is 2. The van der Waals surface area contributed by atoms with Crippen LogP contribution in [0.2, 0.25) is 0 Å². The van der Waals surface area contributed by atoms with Gasteiger partial charge in [-0.1, -0.05) is 29.8 Å². The van der Waals surface area contributed by atoms with Gasteiger partial charge in [0.05, 0.1) is 22.1 Å². The van der Waals surface area contributed by atoms with E-state index >= 15 is 0 Å². The number of ether oxygens (including phenoxy) is 1. The zero-order valence-corrected chi connectivity index (χ0v) is 22.2. The summed E-state index contributed by atoms with van der Waals surface area (Å²) >= 11 is 0. The molecule has 6 aromatic rings. The van der Waals surface area contributed by atoms with Crippen LogP contribution in [0, 0.1) is 13.8 Å². The van der Waals surface area contributed by atoms with Crippen LogP contribution >= 0.6 is 0 Å². The molecule has 0 aliphatic heterocycles. The van der Waals surface area contributed by atoms with Crippen molar-refractivity contribution in [1.82, 2.24) is 19.9 Å². The van der Waals surface area contributed by atoms with E-state index in [0.717, 1.165) is 42.0 Å². The normalized spacial score (nSPS) is 12.8. The number of nitrogens with zero attached hydrogens (tertiary/aromatic N) is 2. The highest BCUT2D eigenvalue weighted by molar-refractivity contribution is 5.81. The van der Waals surface area contributed by atoms with E-state index in [1.165, 1.54) is 0 Å².